The van der Waals surface area contributed by atoms with E-state index in [9.17, 15) is 14.0 Å². The lowest BCUT2D eigenvalue weighted by molar-refractivity contribution is -0.129. The zero-order valence-corrected chi connectivity index (χ0v) is 19.7. The second kappa shape index (κ2) is 11.4. The van der Waals surface area contributed by atoms with Gasteiger partial charge in [0.15, 0.2) is 11.0 Å². The molecule has 35 heavy (non-hydrogen) atoms. The van der Waals surface area contributed by atoms with Crippen LogP contribution in [-0.2, 0) is 16.1 Å². The Labute approximate surface area is 206 Å². The second-order valence-corrected chi connectivity index (χ2v) is 8.73. The van der Waals surface area contributed by atoms with Crippen LogP contribution >= 0.6 is 11.8 Å². The summed E-state index contributed by atoms with van der Waals surface area (Å²) < 4.78 is 15.4. The van der Waals surface area contributed by atoms with Crippen LogP contribution in [0.4, 0.5) is 4.39 Å². The Balaban J connectivity index is 1.57. The molecule has 2 amide bonds. The van der Waals surface area contributed by atoms with Crippen LogP contribution in [0.2, 0.25) is 0 Å². The summed E-state index contributed by atoms with van der Waals surface area (Å²) in [5, 5.41) is 9.16. The fraction of sp³-hybridized carbons (Fsp3) is 0.154. The van der Waals surface area contributed by atoms with Gasteiger partial charge in [-0.05, 0) is 29.8 Å². The van der Waals surface area contributed by atoms with Gasteiger partial charge in [0.05, 0.1) is 5.75 Å². The number of hydrogen-bond donors (Lipinski definition) is 1. The van der Waals surface area contributed by atoms with Gasteiger partial charge in [0.2, 0.25) is 11.8 Å². The van der Waals surface area contributed by atoms with E-state index in [1.54, 1.807) is 21.6 Å². The Morgan fingerprint density at radius 2 is 1.57 bits per heavy atom. The normalized spacial score (nSPS) is 10.8. The number of hydrogen-bond acceptors (Lipinski definition) is 5. The number of carbonyl (C=O) groups excluding carboxylic acids is 2. The molecule has 0 radical (unpaired) electrons. The number of primary amides is 1. The number of aromatic nitrogens is 3. The van der Waals surface area contributed by atoms with Gasteiger partial charge in [-0.15, -0.1) is 10.2 Å². The van der Waals surface area contributed by atoms with Crippen LogP contribution in [0, 0.1) is 5.82 Å². The third-order valence-electron chi connectivity index (χ3n) is 5.27. The molecule has 0 aliphatic carbocycles. The minimum absolute atomic E-state index is 0.0765. The van der Waals surface area contributed by atoms with Gasteiger partial charge in [-0.25, -0.2) is 4.39 Å². The van der Waals surface area contributed by atoms with Crippen LogP contribution in [0.5, 0.6) is 0 Å². The molecule has 178 valence electrons. The summed E-state index contributed by atoms with van der Waals surface area (Å²) in [4.78, 5) is 26.1. The van der Waals surface area contributed by atoms with E-state index in [0.717, 1.165) is 11.1 Å². The smallest absolute Gasteiger partial charge is 0.233 e. The van der Waals surface area contributed by atoms with Crippen LogP contribution < -0.4 is 5.73 Å². The van der Waals surface area contributed by atoms with Crippen molar-refractivity contribution >= 4 is 23.6 Å². The van der Waals surface area contributed by atoms with Crippen LogP contribution in [0.15, 0.2) is 90.1 Å². The highest BCUT2D eigenvalue weighted by Gasteiger charge is 2.20. The van der Waals surface area contributed by atoms with Gasteiger partial charge in [0.1, 0.15) is 5.82 Å². The Morgan fingerprint density at radius 3 is 2.23 bits per heavy atom. The molecule has 0 aliphatic rings. The van der Waals surface area contributed by atoms with Crippen molar-refractivity contribution in [2.45, 2.75) is 18.1 Å². The molecular formula is C26H24FN5O2S. The first-order valence-electron chi connectivity index (χ1n) is 11.0. The standard InChI is InChI=1S/C26H24FN5O2S/c27-21-11-13-22(14-12-21)32-25(20-9-5-2-6-10-20)29-30-26(32)35-18-24(34)31(16-15-23(28)33)17-19-7-3-1-4-8-19/h1-14H,15-18H2,(H2,28,33). The average Bonchev–Trinajstić information content (AvgIpc) is 3.30. The molecule has 0 aliphatic heterocycles. The number of amides is 2. The van der Waals surface area contributed by atoms with Gasteiger partial charge < -0.3 is 10.6 Å². The van der Waals surface area contributed by atoms with Gasteiger partial charge in [-0.1, -0.05) is 72.4 Å². The molecule has 4 rings (SSSR count). The molecule has 2 N–H and O–H groups in total. The number of rotatable bonds is 10. The summed E-state index contributed by atoms with van der Waals surface area (Å²) in [5.74, 6) is -0.303. The van der Waals surface area contributed by atoms with E-state index < -0.39 is 5.91 Å². The SMILES string of the molecule is NC(=O)CCN(Cc1ccccc1)C(=O)CSc1nnc(-c2ccccc2)n1-c1ccc(F)cc1. The fourth-order valence-corrected chi connectivity index (χ4v) is 4.37. The third kappa shape index (κ3) is 6.33. The van der Waals surface area contributed by atoms with Crippen molar-refractivity contribution in [3.05, 3.63) is 96.3 Å². The molecule has 4 aromatic rings. The molecule has 0 unspecified atom stereocenters. The Hall–Kier alpha value is -3.98. The number of nitrogens with two attached hydrogens (primary N) is 1. The van der Waals surface area contributed by atoms with Gasteiger partial charge in [-0.2, -0.15) is 0 Å². The van der Waals surface area contributed by atoms with Crippen molar-refractivity contribution in [3.8, 4) is 17.1 Å². The maximum atomic E-state index is 13.6. The monoisotopic (exact) mass is 489 g/mol. The third-order valence-corrected chi connectivity index (χ3v) is 6.19. The average molecular weight is 490 g/mol. The highest BCUT2D eigenvalue weighted by molar-refractivity contribution is 7.99. The minimum Gasteiger partial charge on any atom is -0.370 e. The first-order valence-corrected chi connectivity index (χ1v) is 12.0. The van der Waals surface area contributed by atoms with Gasteiger partial charge in [-0.3, -0.25) is 14.2 Å². The van der Waals surface area contributed by atoms with Gasteiger partial charge in [0.25, 0.3) is 0 Å². The van der Waals surface area contributed by atoms with Crippen molar-refractivity contribution in [2.24, 2.45) is 5.73 Å². The topological polar surface area (TPSA) is 94.1 Å². The minimum atomic E-state index is -0.466. The Morgan fingerprint density at radius 1 is 0.914 bits per heavy atom. The maximum Gasteiger partial charge on any atom is 0.233 e. The summed E-state index contributed by atoms with van der Waals surface area (Å²) >= 11 is 1.23. The van der Waals surface area contributed by atoms with Crippen LogP contribution in [0.1, 0.15) is 12.0 Å². The summed E-state index contributed by atoms with van der Waals surface area (Å²) in [5.41, 5.74) is 7.80. The number of thioether (sulfide) groups is 1. The predicted octanol–water partition coefficient (Wildman–Crippen LogP) is 4.07. The van der Waals surface area contributed by atoms with E-state index in [0.29, 0.717) is 23.2 Å². The Kier molecular flexibility index (Phi) is 7.89. The maximum absolute atomic E-state index is 13.6. The molecule has 1 heterocycles. The summed E-state index contributed by atoms with van der Waals surface area (Å²) in [6.45, 7) is 0.594. The molecule has 9 heteroatoms. The molecule has 0 saturated heterocycles. The first-order chi connectivity index (χ1) is 17.0. The molecular weight excluding hydrogens is 465 g/mol. The molecule has 1 aromatic heterocycles. The van der Waals surface area contributed by atoms with Crippen molar-refractivity contribution in [1.29, 1.82) is 0 Å². The van der Waals surface area contributed by atoms with Crippen LogP contribution in [-0.4, -0.2) is 43.8 Å². The molecule has 0 saturated carbocycles. The van der Waals surface area contributed by atoms with E-state index >= 15 is 0 Å². The molecule has 0 spiro atoms. The van der Waals surface area contributed by atoms with Crippen molar-refractivity contribution < 1.29 is 14.0 Å². The predicted molar refractivity (Wildman–Crippen MR) is 133 cm³/mol. The first kappa shape index (κ1) is 24.2. The zero-order chi connectivity index (χ0) is 24.6. The number of halogens is 1. The molecule has 3 aromatic carbocycles. The van der Waals surface area contributed by atoms with Crippen molar-refractivity contribution in [3.63, 3.8) is 0 Å². The van der Waals surface area contributed by atoms with E-state index in [-0.39, 0.29) is 30.4 Å². The quantitative estimate of drug-likeness (QED) is 0.339. The lowest BCUT2D eigenvalue weighted by Crippen LogP contribution is -2.34. The lowest BCUT2D eigenvalue weighted by atomic mass is 10.2. The largest absolute Gasteiger partial charge is 0.370 e. The molecule has 0 fully saturated rings. The van der Waals surface area contributed by atoms with E-state index in [4.69, 9.17) is 5.73 Å². The summed E-state index contributed by atoms with van der Waals surface area (Å²) in [6.07, 6.45) is 0.0765. The summed E-state index contributed by atoms with van der Waals surface area (Å²) in [7, 11) is 0. The highest BCUT2D eigenvalue weighted by atomic mass is 32.2. The van der Waals surface area contributed by atoms with Gasteiger partial charge >= 0.3 is 0 Å². The van der Waals surface area contributed by atoms with Crippen molar-refractivity contribution in [1.82, 2.24) is 19.7 Å². The fourth-order valence-electron chi connectivity index (χ4n) is 3.52. The van der Waals surface area contributed by atoms with E-state index in [1.165, 1.54) is 23.9 Å². The zero-order valence-electron chi connectivity index (χ0n) is 18.9. The van der Waals surface area contributed by atoms with E-state index in [1.807, 2.05) is 60.7 Å². The molecule has 7 nitrogen and oxygen atoms in total. The van der Waals surface area contributed by atoms with E-state index in [2.05, 4.69) is 10.2 Å². The highest BCUT2D eigenvalue weighted by Crippen LogP contribution is 2.28. The Bertz CT molecular complexity index is 1280. The lowest BCUT2D eigenvalue weighted by Gasteiger charge is -2.22. The molecule has 0 bridgehead atoms. The van der Waals surface area contributed by atoms with Crippen LogP contribution in [0.3, 0.4) is 0 Å². The van der Waals surface area contributed by atoms with Crippen LogP contribution in [0.25, 0.3) is 17.1 Å². The second-order valence-electron chi connectivity index (χ2n) is 7.79. The molecule has 0 atom stereocenters. The van der Waals surface area contributed by atoms with Crippen molar-refractivity contribution in [2.75, 3.05) is 12.3 Å². The number of nitrogens with zero attached hydrogens (tertiary/aromatic N) is 4. The number of benzene rings is 3. The number of carbonyl (C=O) groups is 2. The van der Waals surface area contributed by atoms with Gasteiger partial charge in [0, 0.05) is 30.8 Å². The summed E-state index contributed by atoms with van der Waals surface area (Å²) in [6, 6.07) is 25.1.